The van der Waals surface area contributed by atoms with Crippen LogP contribution in [0.25, 0.3) is 0 Å². The first-order valence-electron chi connectivity index (χ1n) is 9.80. The van der Waals surface area contributed by atoms with Crippen molar-refractivity contribution in [3.05, 3.63) is 29.8 Å². The minimum atomic E-state index is -3.88. The third kappa shape index (κ3) is 6.17. The lowest BCUT2D eigenvalue weighted by Crippen LogP contribution is -2.54. The summed E-state index contributed by atoms with van der Waals surface area (Å²) >= 11 is 0. The van der Waals surface area contributed by atoms with Crippen LogP contribution >= 0.6 is 0 Å². The molecule has 11 heteroatoms. The van der Waals surface area contributed by atoms with Gasteiger partial charge in [-0.15, -0.1) is 0 Å². The molecule has 30 heavy (non-hydrogen) atoms. The molecule has 2 atom stereocenters. The first-order valence-corrected chi connectivity index (χ1v) is 11.2. The van der Waals surface area contributed by atoms with E-state index in [0.717, 1.165) is 5.56 Å². The molecule has 6 N–H and O–H groups in total. The smallest absolute Gasteiger partial charge is 0.326 e. The second-order valence-corrected chi connectivity index (χ2v) is 9.18. The molecule has 0 saturated carbocycles. The number of guanidine groups is 1. The largest absolute Gasteiger partial charge is 0.480 e. The van der Waals surface area contributed by atoms with E-state index in [9.17, 15) is 23.1 Å². The normalized spacial score (nSPS) is 18.4. The first kappa shape index (κ1) is 23.6. The zero-order valence-corrected chi connectivity index (χ0v) is 17.8. The lowest BCUT2D eigenvalue weighted by atomic mass is 10.0. The number of hydrogen-bond acceptors (Lipinski definition) is 5. The minimum Gasteiger partial charge on any atom is -0.480 e. The highest BCUT2D eigenvalue weighted by Crippen LogP contribution is 2.26. The van der Waals surface area contributed by atoms with Crippen molar-refractivity contribution in [2.45, 2.75) is 56.0 Å². The van der Waals surface area contributed by atoms with Crippen LogP contribution in [0.4, 0.5) is 0 Å². The Bertz CT molecular complexity index is 881. The fourth-order valence-corrected chi connectivity index (χ4v) is 4.99. The third-order valence-corrected chi connectivity index (χ3v) is 6.87. The maximum absolute atomic E-state index is 13.1. The summed E-state index contributed by atoms with van der Waals surface area (Å²) in [5.74, 6) is -1.90. The number of carboxylic acids is 1. The number of nitrogens with one attached hydrogen (secondary N) is 1. The van der Waals surface area contributed by atoms with E-state index in [4.69, 9.17) is 11.5 Å². The van der Waals surface area contributed by atoms with E-state index < -0.39 is 34.0 Å². The van der Waals surface area contributed by atoms with Crippen LogP contribution in [-0.2, 0) is 19.6 Å². The Balaban J connectivity index is 2.13. The number of amides is 1. The van der Waals surface area contributed by atoms with E-state index in [1.807, 2.05) is 6.92 Å². The van der Waals surface area contributed by atoms with Gasteiger partial charge < -0.3 is 21.9 Å². The van der Waals surface area contributed by atoms with Crippen molar-refractivity contribution < 1.29 is 23.1 Å². The molecule has 1 amide bonds. The third-order valence-electron chi connectivity index (χ3n) is 4.94. The molecule has 166 valence electrons. The molecule has 0 radical (unpaired) electrons. The zero-order chi connectivity index (χ0) is 22.3. The van der Waals surface area contributed by atoms with Gasteiger partial charge in [0.25, 0.3) is 0 Å². The SMILES string of the molecule is Cc1ccc(S(=O)(=O)N2CCCC[C@@H]2C(=O)N[C@H](CCCN=C(N)N)C(=O)O)cc1. The van der Waals surface area contributed by atoms with Crippen molar-refractivity contribution in [2.24, 2.45) is 16.5 Å². The Labute approximate surface area is 176 Å². The van der Waals surface area contributed by atoms with E-state index in [-0.39, 0.29) is 30.4 Å². The van der Waals surface area contributed by atoms with Gasteiger partial charge in [-0.25, -0.2) is 13.2 Å². The molecular weight excluding hydrogens is 410 g/mol. The number of aliphatic imine (C=N–C) groups is 1. The molecule has 1 aromatic carbocycles. The van der Waals surface area contributed by atoms with Crippen molar-refractivity contribution in [1.82, 2.24) is 9.62 Å². The van der Waals surface area contributed by atoms with Gasteiger partial charge >= 0.3 is 5.97 Å². The Hall–Kier alpha value is -2.66. The summed E-state index contributed by atoms with van der Waals surface area (Å²) in [5, 5.41) is 11.9. The number of hydrogen-bond donors (Lipinski definition) is 4. The fourth-order valence-electron chi connectivity index (χ4n) is 3.33. The highest BCUT2D eigenvalue weighted by Gasteiger charge is 2.38. The molecule has 1 fully saturated rings. The number of sulfonamides is 1. The molecule has 0 bridgehead atoms. The van der Waals surface area contributed by atoms with E-state index in [0.29, 0.717) is 25.7 Å². The molecule has 2 rings (SSSR count). The summed E-state index contributed by atoms with van der Waals surface area (Å²) < 4.78 is 27.4. The van der Waals surface area contributed by atoms with Gasteiger partial charge in [0.15, 0.2) is 5.96 Å². The summed E-state index contributed by atoms with van der Waals surface area (Å²) in [7, 11) is -3.88. The number of carboxylic acid groups (broad SMARTS) is 1. The molecule has 1 aliphatic rings. The number of aliphatic carboxylic acids is 1. The van der Waals surface area contributed by atoms with Gasteiger partial charge in [0.05, 0.1) is 4.90 Å². The number of piperidine rings is 1. The van der Waals surface area contributed by atoms with Crippen molar-refractivity contribution in [1.29, 1.82) is 0 Å². The summed E-state index contributed by atoms with van der Waals surface area (Å²) in [4.78, 5) is 28.3. The quantitative estimate of drug-likeness (QED) is 0.241. The average Bonchev–Trinajstić information content (AvgIpc) is 2.70. The van der Waals surface area contributed by atoms with Crippen LogP contribution in [0.1, 0.15) is 37.7 Å². The van der Waals surface area contributed by atoms with Crippen LogP contribution in [0.15, 0.2) is 34.2 Å². The maximum Gasteiger partial charge on any atom is 0.326 e. The van der Waals surface area contributed by atoms with E-state index in [1.165, 1.54) is 16.4 Å². The van der Waals surface area contributed by atoms with Gasteiger partial charge in [-0.1, -0.05) is 24.1 Å². The number of benzene rings is 1. The zero-order valence-electron chi connectivity index (χ0n) is 17.0. The summed E-state index contributed by atoms with van der Waals surface area (Å²) in [6.45, 7) is 2.29. The first-order chi connectivity index (χ1) is 14.1. The topological polar surface area (TPSA) is 168 Å². The summed E-state index contributed by atoms with van der Waals surface area (Å²) in [5.41, 5.74) is 11.4. The molecule has 0 aromatic heterocycles. The summed E-state index contributed by atoms with van der Waals surface area (Å²) in [6.07, 6.45) is 2.12. The number of rotatable bonds is 9. The maximum atomic E-state index is 13.1. The van der Waals surface area contributed by atoms with Gasteiger partial charge in [0.1, 0.15) is 12.1 Å². The number of carbonyl (C=O) groups is 2. The predicted octanol–water partition coefficient (Wildman–Crippen LogP) is 0.161. The lowest BCUT2D eigenvalue weighted by molar-refractivity contribution is -0.142. The number of aryl methyl sites for hydroxylation is 1. The van der Waals surface area contributed by atoms with E-state index >= 15 is 0 Å². The van der Waals surface area contributed by atoms with E-state index in [2.05, 4.69) is 10.3 Å². The monoisotopic (exact) mass is 439 g/mol. The summed E-state index contributed by atoms with van der Waals surface area (Å²) in [6, 6.07) is 4.31. The van der Waals surface area contributed by atoms with Crippen LogP contribution in [0.2, 0.25) is 0 Å². The molecule has 1 heterocycles. The highest BCUT2D eigenvalue weighted by atomic mass is 32.2. The van der Waals surface area contributed by atoms with Crippen LogP contribution in [0.5, 0.6) is 0 Å². The van der Waals surface area contributed by atoms with E-state index in [1.54, 1.807) is 12.1 Å². The van der Waals surface area contributed by atoms with Crippen LogP contribution in [0.3, 0.4) is 0 Å². The number of nitrogens with two attached hydrogens (primary N) is 2. The molecule has 0 spiro atoms. The average molecular weight is 440 g/mol. The van der Waals surface area contributed by atoms with Gasteiger partial charge in [-0.05, 0) is 44.7 Å². The van der Waals surface area contributed by atoms with Crippen molar-refractivity contribution in [2.75, 3.05) is 13.1 Å². The molecule has 1 aromatic rings. The number of nitrogens with zero attached hydrogens (tertiary/aromatic N) is 2. The molecule has 1 aliphatic heterocycles. The minimum absolute atomic E-state index is 0.0925. The standard InChI is InChI=1S/C19H29N5O5S/c1-13-7-9-14(10-8-13)30(28,29)24-12-3-2-6-16(24)17(25)23-15(18(26)27)5-4-11-22-19(20)21/h7-10,15-16H,2-6,11-12H2,1H3,(H,23,25)(H,26,27)(H4,20,21,22)/t15-,16-/m1/s1. The van der Waals surface area contributed by atoms with Gasteiger partial charge in [-0.2, -0.15) is 4.31 Å². The van der Waals surface area contributed by atoms with Crippen molar-refractivity contribution in [3.8, 4) is 0 Å². The van der Waals surface area contributed by atoms with Crippen molar-refractivity contribution >= 4 is 27.9 Å². The second-order valence-electron chi connectivity index (χ2n) is 7.29. The van der Waals surface area contributed by atoms with Crippen molar-refractivity contribution in [3.63, 3.8) is 0 Å². The lowest BCUT2D eigenvalue weighted by Gasteiger charge is -2.34. The predicted molar refractivity (Wildman–Crippen MR) is 112 cm³/mol. The van der Waals surface area contributed by atoms with Gasteiger partial charge in [-0.3, -0.25) is 9.79 Å². The molecule has 10 nitrogen and oxygen atoms in total. The van der Waals surface area contributed by atoms with Gasteiger partial charge in [0.2, 0.25) is 15.9 Å². The Kier molecular flexibility index (Phi) is 8.18. The van der Waals surface area contributed by atoms with Crippen LogP contribution < -0.4 is 16.8 Å². The molecule has 0 aliphatic carbocycles. The van der Waals surface area contributed by atoms with Gasteiger partial charge in [0, 0.05) is 13.1 Å². The second kappa shape index (κ2) is 10.4. The molecule has 0 unspecified atom stereocenters. The number of carbonyl (C=O) groups excluding carboxylic acids is 1. The molecule has 1 saturated heterocycles. The fraction of sp³-hybridized carbons (Fsp3) is 0.526. The Morgan fingerprint density at radius 2 is 1.93 bits per heavy atom. The molecular formula is C19H29N5O5S. The Morgan fingerprint density at radius 3 is 2.53 bits per heavy atom. The Morgan fingerprint density at radius 1 is 1.27 bits per heavy atom. The van der Waals surface area contributed by atoms with Crippen LogP contribution in [0, 0.1) is 6.92 Å². The highest BCUT2D eigenvalue weighted by molar-refractivity contribution is 7.89. The van der Waals surface area contributed by atoms with Crippen LogP contribution in [-0.4, -0.2) is 60.8 Å².